The molecule has 0 unspecified atom stereocenters. The van der Waals surface area contributed by atoms with Crippen molar-refractivity contribution in [2.75, 3.05) is 11.9 Å². The van der Waals surface area contributed by atoms with Gasteiger partial charge in [0.15, 0.2) is 0 Å². The number of nitrogens with one attached hydrogen (secondary N) is 2. The number of fused-ring (bicyclic) bond motifs is 2. The molecule has 5 rings (SSSR count). The molecule has 3 aromatic rings. The molecule has 0 bridgehead atoms. The number of anilines is 1. The van der Waals surface area contributed by atoms with Crippen molar-refractivity contribution in [2.24, 2.45) is 0 Å². The second-order valence-corrected chi connectivity index (χ2v) is 9.85. The predicted octanol–water partition coefficient (Wildman–Crippen LogP) is 4.25. The minimum Gasteiger partial charge on any atom is -0.478 e. The lowest BCUT2D eigenvalue weighted by Crippen LogP contribution is -2.56. The Hall–Kier alpha value is -4.05. The first-order valence-corrected chi connectivity index (χ1v) is 12.5. The zero-order valence-corrected chi connectivity index (χ0v) is 20.9. The molecule has 1 aromatic heterocycles. The summed E-state index contributed by atoms with van der Waals surface area (Å²) >= 11 is 0. The fourth-order valence-electron chi connectivity index (χ4n) is 5.47. The van der Waals surface area contributed by atoms with Crippen molar-refractivity contribution in [3.63, 3.8) is 0 Å². The van der Waals surface area contributed by atoms with Crippen LogP contribution in [0.15, 0.2) is 48.5 Å². The highest BCUT2D eigenvalue weighted by Crippen LogP contribution is 2.49. The Bertz CT molecular complexity index is 1390. The highest BCUT2D eigenvalue weighted by Gasteiger charge is 2.48. The number of amides is 2. The highest BCUT2D eigenvalue weighted by atomic mass is 19.1. The molecule has 1 aliphatic heterocycles. The Morgan fingerprint density at radius 3 is 2.26 bits per heavy atom. The summed E-state index contributed by atoms with van der Waals surface area (Å²) < 4.78 is 31.4. The number of hydrogen-bond donors (Lipinski definition) is 3. The van der Waals surface area contributed by atoms with Gasteiger partial charge in [0, 0.05) is 50.0 Å². The molecular formula is C28H28F2N4O4. The van der Waals surface area contributed by atoms with Gasteiger partial charge < -0.3 is 20.3 Å². The van der Waals surface area contributed by atoms with E-state index in [-0.39, 0.29) is 23.9 Å². The van der Waals surface area contributed by atoms with Crippen LogP contribution in [-0.2, 0) is 30.0 Å². The zero-order valence-electron chi connectivity index (χ0n) is 20.9. The number of rotatable bonds is 7. The van der Waals surface area contributed by atoms with E-state index in [9.17, 15) is 23.2 Å². The van der Waals surface area contributed by atoms with Gasteiger partial charge in [-0.05, 0) is 61.2 Å². The fourth-order valence-corrected chi connectivity index (χ4v) is 5.47. The molecule has 38 heavy (non-hydrogen) atoms. The molecule has 198 valence electrons. The fraction of sp³-hybridized carbons (Fsp3) is 0.321. The third-order valence-corrected chi connectivity index (χ3v) is 7.53. The van der Waals surface area contributed by atoms with Gasteiger partial charge in [-0.15, -0.1) is 0 Å². The lowest BCUT2D eigenvalue weighted by atomic mass is 9.71. The Morgan fingerprint density at radius 1 is 1.00 bits per heavy atom. The van der Waals surface area contributed by atoms with E-state index in [4.69, 9.17) is 5.11 Å². The molecule has 1 aliphatic carbocycles. The summed E-state index contributed by atoms with van der Waals surface area (Å²) in [6.07, 6.45) is 2.56. The number of benzene rings is 2. The normalized spacial score (nSPS) is 16.0. The minimum absolute atomic E-state index is 0.0127. The van der Waals surface area contributed by atoms with Crippen LogP contribution in [0, 0.1) is 11.6 Å². The third-order valence-electron chi connectivity index (χ3n) is 7.53. The lowest BCUT2D eigenvalue weighted by Gasteiger charge is -2.53. The van der Waals surface area contributed by atoms with Gasteiger partial charge in [-0.25, -0.2) is 13.6 Å². The number of aromatic carboxylic acids is 1. The van der Waals surface area contributed by atoms with Crippen LogP contribution in [0.2, 0.25) is 0 Å². The molecule has 10 heteroatoms. The number of nitrogens with zero attached hydrogens (tertiary/aromatic N) is 2. The van der Waals surface area contributed by atoms with Gasteiger partial charge >= 0.3 is 5.97 Å². The molecule has 2 amide bonds. The van der Waals surface area contributed by atoms with E-state index in [2.05, 4.69) is 10.6 Å². The van der Waals surface area contributed by atoms with Crippen molar-refractivity contribution in [1.82, 2.24) is 14.8 Å². The van der Waals surface area contributed by atoms with Crippen LogP contribution < -0.4 is 10.6 Å². The molecule has 2 heterocycles. The van der Waals surface area contributed by atoms with E-state index < -0.39 is 28.7 Å². The van der Waals surface area contributed by atoms with Gasteiger partial charge in [-0.1, -0.05) is 12.1 Å². The van der Waals surface area contributed by atoms with E-state index in [1.54, 1.807) is 18.2 Å². The van der Waals surface area contributed by atoms with Crippen molar-refractivity contribution in [2.45, 2.75) is 51.4 Å². The van der Waals surface area contributed by atoms with E-state index >= 15 is 0 Å². The number of carbonyl (C=O) groups is 3. The summed E-state index contributed by atoms with van der Waals surface area (Å²) in [7, 11) is 0. The summed E-state index contributed by atoms with van der Waals surface area (Å²) in [6.45, 7) is 2.75. The smallest absolute Gasteiger partial charge is 0.335 e. The number of carboxylic acids is 1. The number of carbonyl (C=O) groups excluding carboxylic acids is 2. The molecular weight excluding hydrogens is 494 g/mol. The van der Waals surface area contributed by atoms with Crippen LogP contribution in [0.5, 0.6) is 0 Å². The standard InChI is InChI=1S/C28H28F2N4O4/c1-17(35)32-20-5-3-18(4-6-20)15-31-26(36)24-7-8-25-28(9-2-10-28)33(11-12-34(24)25)16-21-22(29)13-19(27(37)38)14-23(21)30/h3-8,13-14H,2,9-12,15-16H2,1H3,(H,31,36)(H,32,35)(H,37,38). The summed E-state index contributed by atoms with van der Waals surface area (Å²) in [5.41, 5.74) is 2.05. The van der Waals surface area contributed by atoms with Gasteiger partial charge in [0.1, 0.15) is 17.3 Å². The van der Waals surface area contributed by atoms with Crippen molar-refractivity contribution in [3.8, 4) is 0 Å². The molecule has 1 fully saturated rings. The maximum absolute atomic E-state index is 14.7. The lowest BCUT2D eigenvalue weighted by molar-refractivity contribution is -0.114. The second-order valence-electron chi connectivity index (χ2n) is 9.85. The molecule has 1 saturated carbocycles. The molecule has 3 N–H and O–H groups in total. The van der Waals surface area contributed by atoms with Crippen molar-refractivity contribution >= 4 is 23.5 Å². The van der Waals surface area contributed by atoms with Gasteiger partial charge in [-0.3, -0.25) is 14.5 Å². The Labute approximate surface area is 218 Å². The quantitative estimate of drug-likeness (QED) is 0.431. The predicted molar refractivity (Wildman–Crippen MR) is 136 cm³/mol. The van der Waals surface area contributed by atoms with Crippen LogP contribution in [-0.4, -0.2) is 38.9 Å². The Kier molecular flexibility index (Phi) is 6.75. The van der Waals surface area contributed by atoms with Crippen LogP contribution in [0.4, 0.5) is 14.5 Å². The zero-order chi connectivity index (χ0) is 27.0. The maximum atomic E-state index is 14.7. The Morgan fingerprint density at radius 2 is 1.68 bits per heavy atom. The first-order valence-electron chi connectivity index (χ1n) is 12.5. The Balaban J connectivity index is 1.31. The minimum atomic E-state index is -1.38. The summed E-state index contributed by atoms with van der Waals surface area (Å²) in [4.78, 5) is 37.5. The number of hydrogen-bond acceptors (Lipinski definition) is 4. The van der Waals surface area contributed by atoms with E-state index in [0.717, 1.165) is 42.7 Å². The second kappa shape index (κ2) is 10.0. The van der Waals surface area contributed by atoms with E-state index in [1.165, 1.54) is 6.92 Å². The van der Waals surface area contributed by atoms with E-state index in [0.29, 0.717) is 31.0 Å². The molecule has 1 spiro atoms. The van der Waals surface area contributed by atoms with Crippen molar-refractivity contribution in [1.29, 1.82) is 0 Å². The van der Waals surface area contributed by atoms with Gasteiger partial charge in [0.05, 0.1) is 11.1 Å². The van der Waals surface area contributed by atoms with Gasteiger partial charge in [0.25, 0.3) is 5.91 Å². The summed E-state index contributed by atoms with van der Waals surface area (Å²) in [6, 6.07) is 12.6. The van der Waals surface area contributed by atoms with Gasteiger partial charge in [-0.2, -0.15) is 0 Å². The van der Waals surface area contributed by atoms with Crippen LogP contribution in [0.3, 0.4) is 0 Å². The van der Waals surface area contributed by atoms with Gasteiger partial charge in [0.2, 0.25) is 5.91 Å². The first kappa shape index (κ1) is 25.6. The average molecular weight is 523 g/mol. The first-order chi connectivity index (χ1) is 18.2. The topological polar surface area (TPSA) is 104 Å². The number of aromatic nitrogens is 1. The van der Waals surface area contributed by atoms with Crippen LogP contribution in [0.1, 0.15) is 63.9 Å². The molecule has 0 atom stereocenters. The number of halogens is 2. The van der Waals surface area contributed by atoms with Crippen LogP contribution >= 0.6 is 0 Å². The van der Waals surface area contributed by atoms with Crippen molar-refractivity contribution in [3.05, 3.63) is 88.2 Å². The largest absolute Gasteiger partial charge is 0.478 e. The molecule has 0 radical (unpaired) electrons. The monoisotopic (exact) mass is 522 g/mol. The molecule has 0 saturated heterocycles. The van der Waals surface area contributed by atoms with E-state index in [1.807, 2.05) is 27.7 Å². The van der Waals surface area contributed by atoms with Crippen molar-refractivity contribution < 1.29 is 28.3 Å². The molecule has 2 aromatic carbocycles. The summed E-state index contributed by atoms with van der Waals surface area (Å²) in [5.74, 6) is -3.50. The highest BCUT2D eigenvalue weighted by molar-refractivity contribution is 5.93. The third kappa shape index (κ3) is 4.67. The summed E-state index contributed by atoms with van der Waals surface area (Å²) in [5, 5.41) is 14.7. The number of carboxylic acid groups (broad SMARTS) is 1. The maximum Gasteiger partial charge on any atom is 0.335 e. The van der Waals surface area contributed by atoms with Crippen LogP contribution in [0.25, 0.3) is 0 Å². The molecule has 8 nitrogen and oxygen atoms in total. The average Bonchev–Trinajstić information content (AvgIpc) is 3.28. The molecule has 2 aliphatic rings. The SMILES string of the molecule is CC(=O)Nc1ccc(CNC(=O)c2ccc3n2CCN(Cc2c(F)cc(C(=O)O)cc2F)C32CCC2)cc1.